The van der Waals surface area contributed by atoms with E-state index in [1.54, 1.807) is 0 Å². The van der Waals surface area contributed by atoms with Crippen LogP contribution in [0.1, 0.15) is 12.0 Å². The third-order valence-corrected chi connectivity index (χ3v) is 5.39. The summed E-state index contributed by atoms with van der Waals surface area (Å²) in [6, 6.07) is 5.97. The number of hydrogen-bond acceptors (Lipinski definition) is 4. The van der Waals surface area contributed by atoms with Crippen molar-refractivity contribution in [1.82, 2.24) is 0 Å². The van der Waals surface area contributed by atoms with Gasteiger partial charge in [-0.15, -0.1) is 0 Å². The molecule has 0 unspecified atom stereocenters. The number of benzene rings is 1. The maximum atomic E-state index is 12.1. The second-order valence-electron chi connectivity index (χ2n) is 9.26. The second kappa shape index (κ2) is 8.09. The maximum Gasteiger partial charge on any atom is 0.292 e. The summed E-state index contributed by atoms with van der Waals surface area (Å²) in [7, 11) is -5.41. The van der Waals surface area contributed by atoms with Crippen LogP contribution in [0.2, 0.25) is 58.9 Å². The van der Waals surface area contributed by atoms with Crippen molar-refractivity contribution in [1.29, 1.82) is 0 Å². The Labute approximate surface area is 156 Å². The van der Waals surface area contributed by atoms with Crippen LogP contribution in [-0.4, -0.2) is 30.9 Å². The molecule has 1 rings (SSSR count). The fourth-order valence-electron chi connectivity index (χ4n) is 2.22. The van der Waals surface area contributed by atoms with Gasteiger partial charge in [-0.3, -0.25) is 4.79 Å². The summed E-state index contributed by atoms with van der Waals surface area (Å²) in [5.74, 6) is 1.48. The number of carbonyl (C=O) groups is 1. The van der Waals surface area contributed by atoms with Gasteiger partial charge in [-0.05, 0) is 77.0 Å². The summed E-state index contributed by atoms with van der Waals surface area (Å²) in [6.07, 6.45) is 0.967. The molecule has 0 fully saturated rings. The Bertz CT molecular complexity index is 596. The Morgan fingerprint density at radius 2 is 1.40 bits per heavy atom. The summed E-state index contributed by atoms with van der Waals surface area (Å²) < 4.78 is 18.1. The van der Waals surface area contributed by atoms with E-state index >= 15 is 0 Å². The normalized spacial score (nSPS) is 12.7. The molecule has 0 amide bonds. The molecule has 1 aromatic rings. The van der Waals surface area contributed by atoms with Crippen LogP contribution >= 0.6 is 0 Å². The first-order valence-corrected chi connectivity index (χ1v) is 19.1. The number of rotatable bonds is 8. The highest BCUT2D eigenvalue weighted by atomic mass is 28.4. The van der Waals surface area contributed by atoms with Gasteiger partial charge in [-0.25, -0.2) is 0 Å². The Morgan fingerprint density at radius 3 is 1.88 bits per heavy atom. The van der Waals surface area contributed by atoms with Gasteiger partial charge in [0.15, 0.2) is 0 Å². The van der Waals surface area contributed by atoms with E-state index in [4.69, 9.17) is 13.3 Å². The molecule has 0 atom stereocenters. The standard InChI is InChI=1S/C18H34O4Si3/c1-23(2,3)20-16-12-10-11-15(18(16)22-25(7,8)9)13-14-17(19)21-24(4,5)6/h10-12H,13-14H2,1-9H3. The molecule has 0 aliphatic carbocycles. The molecule has 0 spiro atoms. The Hall–Kier alpha value is -1.06. The monoisotopic (exact) mass is 398 g/mol. The van der Waals surface area contributed by atoms with Gasteiger partial charge < -0.3 is 13.3 Å². The lowest BCUT2D eigenvalue weighted by molar-refractivity contribution is -0.135. The number of para-hydroxylation sites is 1. The highest BCUT2D eigenvalue weighted by Crippen LogP contribution is 2.35. The minimum Gasteiger partial charge on any atom is -0.542 e. The van der Waals surface area contributed by atoms with Crippen LogP contribution in [-0.2, 0) is 15.6 Å². The minimum atomic E-state index is -1.85. The van der Waals surface area contributed by atoms with E-state index in [9.17, 15) is 4.79 Å². The van der Waals surface area contributed by atoms with E-state index in [0.29, 0.717) is 12.8 Å². The second-order valence-corrected chi connectivity index (χ2v) is 22.5. The molecule has 1 aromatic carbocycles. The molecule has 25 heavy (non-hydrogen) atoms. The first-order chi connectivity index (χ1) is 11.2. The fourth-order valence-corrected chi connectivity index (χ4v) is 4.67. The fraction of sp³-hybridized carbons (Fsp3) is 0.611. The molecule has 0 aliphatic rings. The van der Waals surface area contributed by atoms with Crippen molar-refractivity contribution in [3.8, 4) is 11.5 Å². The first-order valence-electron chi connectivity index (χ1n) is 8.88. The highest BCUT2D eigenvalue weighted by molar-refractivity contribution is 6.71. The zero-order valence-corrected chi connectivity index (χ0v) is 20.3. The van der Waals surface area contributed by atoms with Crippen LogP contribution in [0.5, 0.6) is 11.5 Å². The molecule has 0 radical (unpaired) electrons. The molecule has 0 aromatic heterocycles. The number of hydrogen-bond donors (Lipinski definition) is 0. The first kappa shape index (κ1) is 22.0. The summed E-state index contributed by atoms with van der Waals surface area (Å²) in [5.41, 5.74) is 1.02. The van der Waals surface area contributed by atoms with Gasteiger partial charge in [0, 0.05) is 6.42 Å². The quantitative estimate of drug-likeness (QED) is 0.548. The highest BCUT2D eigenvalue weighted by Gasteiger charge is 2.25. The lowest BCUT2D eigenvalue weighted by atomic mass is 10.1. The molecule has 0 saturated heterocycles. The minimum absolute atomic E-state index is 0.130. The van der Waals surface area contributed by atoms with Crippen LogP contribution < -0.4 is 8.85 Å². The van der Waals surface area contributed by atoms with E-state index in [2.05, 4.69) is 39.3 Å². The summed E-state index contributed by atoms with van der Waals surface area (Å²) in [5, 5.41) is 0. The molecular weight excluding hydrogens is 364 g/mol. The predicted molar refractivity (Wildman–Crippen MR) is 112 cm³/mol. The number of carbonyl (C=O) groups excluding carboxylic acids is 1. The topological polar surface area (TPSA) is 44.8 Å². The Balaban J connectivity index is 3.04. The van der Waals surface area contributed by atoms with Gasteiger partial charge in [0.2, 0.25) is 25.0 Å². The third kappa shape index (κ3) is 9.27. The van der Waals surface area contributed by atoms with Gasteiger partial charge in [0.1, 0.15) is 11.5 Å². The lowest BCUT2D eigenvalue weighted by Crippen LogP contribution is -2.33. The van der Waals surface area contributed by atoms with Crippen LogP contribution in [0.15, 0.2) is 18.2 Å². The average Bonchev–Trinajstić information content (AvgIpc) is 2.34. The van der Waals surface area contributed by atoms with Crippen LogP contribution in [0.25, 0.3) is 0 Å². The van der Waals surface area contributed by atoms with Crippen molar-refractivity contribution in [2.24, 2.45) is 0 Å². The maximum absolute atomic E-state index is 12.1. The smallest absolute Gasteiger partial charge is 0.292 e. The van der Waals surface area contributed by atoms with Crippen molar-refractivity contribution >= 4 is 30.9 Å². The summed E-state index contributed by atoms with van der Waals surface area (Å²) in [4.78, 5) is 12.1. The molecular formula is C18H34O4Si3. The van der Waals surface area contributed by atoms with Gasteiger partial charge in [-0.1, -0.05) is 12.1 Å². The number of aryl methyl sites for hydroxylation is 1. The van der Waals surface area contributed by atoms with Crippen molar-refractivity contribution in [3.63, 3.8) is 0 Å². The Kier molecular flexibility index (Phi) is 7.12. The van der Waals surface area contributed by atoms with Crippen molar-refractivity contribution in [2.75, 3.05) is 0 Å². The van der Waals surface area contributed by atoms with Crippen LogP contribution in [0.3, 0.4) is 0 Å². The molecule has 0 heterocycles. The van der Waals surface area contributed by atoms with Gasteiger partial charge in [-0.2, -0.15) is 0 Å². The largest absolute Gasteiger partial charge is 0.542 e. The molecule has 4 nitrogen and oxygen atoms in total. The van der Waals surface area contributed by atoms with Gasteiger partial charge in [0.25, 0.3) is 5.97 Å². The summed E-state index contributed by atoms with van der Waals surface area (Å²) in [6.45, 7) is 19.0. The Morgan fingerprint density at radius 1 is 0.840 bits per heavy atom. The SMILES string of the molecule is C[Si](C)(C)OC(=O)CCc1cccc(O[Si](C)(C)C)c1O[Si](C)(C)C. The van der Waals surface area contributed by atoms with Crippen molar-refractivity contribution in [2.45, 2.75) is 71.8 Å². The van der Waals surface area contributed by atoms with Crippen molar-refractivity contribution < 1.29 is 18.1 Å². The molecule has 142 valence electrons. The van der Waals surface area contributed by atoms with Gasteiger partial charge in [0.05, 0.1) is 0 Å². The van der Waals surface area contributed by atoms with Crippen LogP contribution in [0.4, 0.5) is 0 Å². The lowest BCUT2D eigenvalue weighted by Gasteiger charge is -2.27. The van der Waals surface area contributed by atoms with E-state index in [1.807, 2.05) is 37.8 Å². The zero-order chi connectivity index (χ0) is 19.5. The van der Waals surface area contributed by atoms with Gasteiger partial charge >= 0.3 is 0 Å². The molecule has 0 saturated carbocycles. The zero-order valence-electron chi connectivity index (χ0n) is 17.3. The van der Waals surface area contributed by atoms with Crippen molar-refractivity contribution in [3.05, 3.63) is 23.8 Å². The summed E-state index contributed by atoms with van der Waals surface area (Å²) >= 11 is 0. The van der Waals surface area contributed by atoms with Crippen LogP contribution in [0, 0.1) is 0 Å². The van der Waals surface area contributed by atoms with E-state index in [0.717, 1.165) is 17.1 Å². The van der Waals surface area contributed by atoms with E-state index < -0.39 is 25.0 Å². The van der Waals surface area contributed by atoms with E-state index in [-0.39, 0.29) is 5.97 Å². The molecule has 0 aliphatic heterocycles. The average molecular weight is 399 g/mol. The molecule has 0 bridgehead atoms. The van der Waals surface area contributed by atoms with E-state index in [1.165, 1.54) is 0 Å². The third-order valence-electron chi connectivity index (χ3n) is 2.90. The predicted octanol–water partition coefficient (Wildman–Crippen LogP) is 5.42. The molecule has 7 heteroatoms. The molecule has 0 N–H and O–H groups in total.